The molecule has 0 spiro atoms. The maximum absolute atomic E-state index is 13.0. The number of hydrogen-bond donors (Lipinski definition) is 1. The first-order chi connectivity index (χ1) is 17.6. The second-order valence-electron chi connectivity index (χ2n) is 7.77. The quantitative estimate of drug-likeness (QED) is 0.160. The minimum Gasteiger partial charge on any atom is -0.488 e. The predicted molar refractivity (Wildman–Crippen MR) is 131 cm³/mol. The molecule has 0 fully saturated rings. The van der Waals surface area contributed by atoms with Crippen molar-refractivity contribution in [2.45, 2.75) is 12.8 Å². The molecule has 188 valence electrons. The monoisotopic (exact) mass is 510 g/mol. The lowest BCUT2D eigenvalue weighted by atomic mass is 10.0. The molecule has 37 heavy (non-hydrogen) atoms. The molecule has 0 radical (unpaired) electrons. The molecule has 0 saturated carbocycles. The Balaban J connectivity index is 1.64. The van der Waals surface area contributed by atoms with Crippen LogP contribution in [-0.2, 0) is 12.8 Å². The fourth-order valence-electron chi connectivity index (χ4n) is 3.58. The average Bonchev–Trinajstić information content (AvgIpc) is 2.87. The highest BCUT2D eigenvalue weighted by Crippen LogP contribution is 2.35. The lowest BCUT2D eigenvalue weighted by Crippen LogP contribution is -2.07. The van der Waals surface area contributed by atoms with Gasteiger partial charge in [0.25, 0.3) is 11.4 Å². The van der Waals surface area contributed by atoms with Crippen molar-refractivity contribution >= 4 is 34.0 Å². The van der Waals surface area contributed by atoms with Crippen LogP contribution < -0.4 is 10.2 Å². The number of fused-ring (bicyclic) bond motifs is 1. The maximum atomic E-state index is 13.0. The molecule has 0 atom stereocenters. The van der Waals surface area contributed by atoms with Gasteiger partial charge in [-0.05, 0) is 34.5 Å². The van der Waals surface area contributed by atoms with Gasteiger partial charge in [0, 0.05) is 23.8 Å². The van der Waals surface area contributed by atoms with Gasteiger partial charge in [0.2, 0.25) is 0 Å². The summed E-state index contributed by atoms with van der Waals surface area (Å²) in [4.78, 5) is 20.9. The molecule has 0 saturated heterocycles. The molecule has 4 rings (SSSR count). The summed E-state index contributed by atoms with van der Waals surface area (Å²) in [5.74, 6) is 0.373. The van der Waals surface area contributed by atoms with Gasteiger partial charge in [-0.1, -0.05) is 42.5 Å². The molecular weight excluding hydrogens is 493 g/mol. The second kappa shape index (κ2) is 10.3. The van der Waals surface area contributed by atoms with Crippen molar-refractivity contribution in [3.8, 4) is 5.75 Å². The highest BCUT2D eigenvalue weighted by Gasteiger charge is 2.33. The van der Waals surface area contributed by atoms with Crippen molar-refractivity contribution in [3.63, 3.8) is 0 Å². The van der Waals surface area contributed by atoms with E-state index < -0.39 is 27.3 Å². The van der Waals surface area contributed by atoms with Crippen molar-refractivity contribution in [2.24, 2.45) is 5.10 Å². The van der Waals surface area contributed by atoms with E-state index in [9.17, 15) is 33.4 Å². The Hall–Kier alpha value is -5.00. The summed E-state index contributed by atoms with van der Waals surface area (Å²) in [5.41, 5.74) is 1.24. The van der Waals surface area contributed by atoms with Gasteiger partial charge in [-0.25, -0.2) is 0 Å². The first-order valence-corrected chi connectivity index (χ1v) is 10.7. The fraction of sp³-hybridized carbons (Fsp3) is 0.0800. The summed E-state index contributed by atoms with van der Waals surface area (Å²) < 4.78 is 44.8. The number of hydrazone groups is 1. The average molecular weight is 510 g/mol. The van der Waals surface area contributed by atoms with E-state index in [-0.39, 0.29) is 18.0 Å². The van der Waals surface area contributed by atoms with E-state index in [2.05, 4.69) is 10.5 Å². The van der Waals surface area contributed by atoms with Crippen LogP contribution in [0.15, 0.2) is 84.0 Å². The number of nitro groups is 2. The molecule has 0 aromatic heterocycles. The Bertz CT molecular complexity index is 1520. The van der Waals surface area contributed by atoms with E-state index in [1.54, 1.807) is 30.3 Å². The Labute approximate surface area is 207 Å². The van der Waals surface area contributed by atoms with Gasteiger partial charge in [-0.3, -0.25) is 25.7 Å². The summed E-state index contributed by atoms with van der Waals surface area (Å²) in [6.07, 6.45) is -3.40. The zero-order valence-corrected chi connectivity index (χ0v) is 18.8. The molecule has 0 amide bonds. The van der Waals surface area contributed by atoms with E-state index in [4.69, 9.17) is 4.74 Å². The van der Waals surface area contributed by atoms with Crippen LogP contribution in [0.2, 0.25) is 0 Å². The third kappa shape index (κ3) is 5.81. The summed E-state index contributed by atoms with van der Waals surface area (Å²) >= 11 is 0. The first-order valence-electron chi connectivity index (χ1n) is 10.7. The Morgan fingerprint density at radius 3 is 2.43 bits per heavy atom. The molecule has 0 aliphatic rings. The molecule has 0 bridgehead atoms. The SMILES string of the molecule is O=[N+]([O-])c1cccc(COc2ccc3ccccc3c2/C=N\Nc2ccc(C(F)(F)F)cc2[N+](=O)[O-])c1. The van der Waals surface area contributed by atoms with E-state index >= 15 is 0 Å². The fourth-order valence-corrected chi connectivity index (χ4v) is 3.58. The number of nitrogens with zero attached hydrogens (tertiary/aromatic N) is 3. The number of benzene rings is 4. The van der Waals surface area contributed by atoms with Crippen molar-refractivity contribution in [3.05, 3.63) is 116 Å². The van der Waals surface area contributed by atoms with E-state index in [1.807, 2.05) is 18.2 Å². The van der Waals surface area contributed by atoms with Gasteiger partial charge in [-0.15, -0.1) is 0 Å². The lowest BCUT2D eigenvalue weighted by Gasteiger charge is -2.12. The van der Waals surface area contributed by atoms with Gasteiger partial charge >= 0.3 is 6.18 Å². The van der Waals surface area contributed by atoms with Crippen LogP contribution in [0.1, 0.15) is 16.7 Å². The Kier molecular flexibility index (Phi) is 7.00. The molecule has 4 aromatic carbocycles. The number of nitrogens with one attached hydrogen (secondary N) is 1. The van der Waals surface area contributed by atoms with E-state index in [1.165, 1.54) is 18.3 Å². The van der Waals surface area contributed by atoms with Crippen LogP contribution >= 0.6 is 0 Å². The molecule has 1 N–H and O–H groups in total. The number of ether oxygens (including phenoxy) is 1. The van der Waals surface area contributed by atoms with Crippen LogP contribution in [-0.4, -0.2) is 16.1 Å². The van der Waals surface area contributed by atoms with Crippen LogP contribution in [0.5, 0.6) is 5.75 Å². The molecule has 4 aromatic rings. The van der Waals surface area contributed by atoms with Gasteiger partial charge < -0.3 is 4.74 Å². The third-order valence-corrected chi connectivity index (χ3v) is 5.35. The van der Waals surface area contributed by atoms with Crippen molar-refractivity contribution in [1.29, 1.82) is 0 Å². The smallest absolute Gasteiger partial charge is 0.416 e. The Morgan fingerprint density at radius 1 is 0.919 bits per heavy atom. The Morgan fingerprint density at radius 2 is 1.70 bits per heavy atom. The molecular formula is C25H17F3N4O5. The number of rotatable bonds is 8. The van der Waals surface area contributed by atoms with Gasteiger partial charge in [-0.2, -0.15) is 18.3 Å². The molecule has 0 unspecified atom stereocenters. The van der Waals surface area contributed by atoms with Crippen molar-refractivity contribution in [2.75, 3.05) is 5.43 Å². The van der Waals surface area contributed by atoms with Gasteiger partial charge in [0.1, 0.15) is 18.0 Å². The van der Waals surface area contributed by atoms with Crippen LogP contribution in [0.3, 0.4) is 0 Å². The number of hydrogen-bond acceptors (Lipinski definition) is 7. The lowest BCUT2D eigenvalue weighted by molar-refractivity contribution is -0.385. The predicted octanol–water partition coefficient (Wildman–Crippen LogP) is 6.70. The molecule has 12 heteroatoms. The zero-order chi connectivity index (χ0) is 26.6. The molecule has 9 nitrogen and oxygen atoms in total. The topological polar surface area (TPSA) is 120 Å². The highest BCUT2D eigenvalue weighted by atomic mass is 19.4. The van der Waals surface area contributed by atoms with E-state index in [0.717, 1.165) is 22.9 Å². The summed E-state index contributed by atoms with van der Waals surface area (Å²) in [6.45, 7) is 0.0126. The maximum Gasteiger partial charge on any atom is 0.416 e. The van der Waals surface area contributed by atoms with Crippen LogP contribution in [0.4, 0.5) is 30.2 Å². The first kappa shape index (κ1) is 25.1. The molecule has 0 aliphatic carbocycles. The largest absolute Gasteiger partial charge is 0.488 e. The van der Waals surface area contributed by atoms with E-state index in [0.29, 0.717) is 22.9 Å². The highest BCUT2D eigenvalue weighted by molar-refractivity contribution is 6.02. The molecule has 0 aliphatic heterocycles. The van der Waals surface area contributed by atoms with Gasteiger partial charge in [0.15, 0.2) is 0 Å². The number of nitro benzene ring substituents is 2. The standard InChI is InChI=1S/C25H17F3N4O5/c26-25(27,28)18-9-10-22(23(13-18)32(35)36)30-29-14-21-20-7-2-1-5-17(20)8-11-24(21)37-15-16-4-3-6-19(12-16)31(33)34/h1-14,30H,15H2/b29-14-. The normalized spacial score (nSPS) is 11.5. The van der Waals surface area contributed by atoms with Crippen LogP contribution in [0, 0.1) is 20.2 Å². The number of alkyl halides is 3. The van der Waals surface area contributed by atoms with Crippen LogP contribution in [0.25, 0.3) is 10.8 Å². The summed E-state index contributed by atoms with van der Waals surface area (Å²) in [7, 11) is 0. The van der Waals surface area contributed by atoms with Crippen molar-refractivity contribution in [1.82, 2.24) is 0 Å². The summed E-state index contributed by atoms with van der Waals surface area (Å²) in [5, 5.41) is 28.0. The zero-order valence-electron chi connectivity index (χ0n) is 18.8. The summed E-state index contributed by atoms with van der Waals surface area (Å²) in [6, 6.07) is 18.8. The molecule has 0 heterocycles. The number of non-ortho nitro benzene ring substituents is 1. The van der Waals surface area contributed by atoms with Gasteiger partial charge in [0.05, 0.1) is 21.6 Å². The minimum atomic E-state index is -4.74. The van der Waals surface area contributed by atoms with Crippen molar-refractivity contribution < 1.29 is 27.8 Å². The second-order valence-corrected chi connectivity index (χ2v) is 7.77. The number of anilines is 1. The number of halogens is 3. The third-order valence-electron chi connectivity index (χ3n) is 5.35. The minimum absolute atomic E-state index is 0.0126.